The van der Waals surface area contributed by atoms with Crippen molar-refractivity contribution in [1.82, 2.24) is 4.90 Å². The van der Waals surface area contributed by atoms with Crippen molar-refractivity contribution in [1.29, 1.82) is 0 Å². The van der Waals surface area contributed by atoms with E-state index in [-0.39, 0.29) is 24.8 Å². The van der Waals surface area contributed by atoms with Crippen LogP contribution in [-0.2, 0) is 9.59 Å². The molecule has 1 rings (SSSR count). The van der Waals surface area contributed by atoms with E-state index in [4.69, 9.17) is 6.42 Å². The van der Waals surface area contributed by atoms with E-state index < -0.39 is 0 Å². The minimum absolute atomic E-state index is 0.169. The van der Waals surface area contributed by atoms with Gasteiger partial charge in [-0.05, 0) is 18.6 Å². The van der Waals surface area contributed by atoms with Crippen LogP contribution >= 0.6 is 0 Å². The Kier molecular flexibility index (Phi) is 6.05. The van der Waals surface area contributed by atoms with Crippen molar-refractivity contribution >= 4 is 17.5 Å². The summed E-state index contributed by atoms with van der Waals surface area (Å²) in [6.07, 6.45) is 6.54. The van der Waals surface area contributed by atoms with E-state index in [1.807, 2.05) is 25.1 Å². The van der Waals surface area contributed by atoms with Crippen LogP contribution in [0.25, 0.3) is 0 Å². The molecule has 0 aromatic heterocycles. The number of para-hydroxylation sites is 1. The molecule has 1 N–H and O–H groups in total. The first-order chi connectivity index (χ1) is 9.58. The van der Waals surface area contributed by atoms with Crippen molar-refractivity contribution in [2.45, 2.75) is 13.3 Å². The van der Waals surface area contributed by atoms with E-state index in [1.54, 1.807) is 12.1 Å². The van der Waals surface area contributed by atoms with Crippen LogP contribution in [0.1, 0.15) is 12.0 Å². The van der Waals surface area contributed by atoms with Gasteiger partial charge in [-0.15, -0.1) is 13.0 Å². The van der Waals surface area contributed by atoms with Crippen molar-refractivity contribution in [2.24, 2.45) is 0 Å². The van der Waals surface area contributed by atoms with E-state index in [2.05, 4.69) is 17.8 Å². The SMILES string of the molecule is C#CCN(CC=C)C(=O)CC(=O)Nc1ccccc1C. The number of rotatable bonds is 6. The molecule has 2 amide bonds. The Labute approximate surface area is 119 Å². The van der Waals surface area contributed by atoms with Gasteiger partial charge in [0.2, 0.25) is 11.8 Å². The van der Waals surface area contributed by atoms with Gasteiger partial charge >= 0.3 is 0 Å². The number of hydrogen-bond acceptors (Lipinski definition) is 2. The van der Waals surface area contributed by atoms with Crippen molar-refractivity contribution in [2.75, 3.05) is 18.4 Å². The lowest BCUT2D eigenvalue weighted by atomic mass is 10.2. The van der Waals surface area contributed by atoms with Gasteiger partial charge in [-0.2, -0.15) is 0 Å². The third-order valence-electron chi connectivity index (χ3n) is 2.72. The highest BCUT2D eigenvalue weighted by Crippen LogP contribution is 2.13. The number of carbonyl (C=O) groups excluding carboxylic acids is 2. The van der Waals surface area contributed by atoms with Crippen molar-refractivity contribution in [3.63, 3.8) is 0 Å². The number of aryl methyl sites for hydroxylation is 1. The summed E-state index contributed by atoms with van der Waals surface area (Å²) in [7, 11) is 0. The minimum Gasteiger partial charge on any atom is -0.327 e. The zero-order valence-corrected chi connectivity index (χ0v) is 11.6. The van der Waals surface area contributed by atoms with Gasteiger partial charge in [0.15, 0.2) is 0 Å². The number of benzene rings is 1. The Morgan fingerprint density at radius 3 is 2.75 bits per heavy atom. The molecule has 104 valence electrons. The molecule has 0 fully saturated rings. The molecule has 0 saturated heterocycles. The van der Waals surface area contributed by atoms with Gasteiger partial charge in [0, 0.05) is 12.2 Å². The number of amides is 2. The summed E-state index contributed by atoms with van der Waals surface area (Å²) >= 11 is 0. The predicted molar refractivity (Wildman–Crippen MR) is 80.0 cm³/mol. The monoisotopic (exact) mass is 270 g/mol. The number of carbonyl (C=O) groups is 2. The molecule has 20 heavy (non-hydrogen) atoms. The zero-order valence-electron chi connectivity index (χ0n) is 11.6. The fourth-order valence-corrected chi connectivity index (χ4v) is 1.68. The molecule has 0 aliphatic rings. The van der Waals surface area contributed by atoms with Gasteiger partial charge < -0.3 is 10.2 Å². The lowest BCUT2D eigenvalue weighted by Crippen LogP contribution is -2.34. The predicted octanol–water partition coefficient (Wildman–Crippen LogP) is 1.97. The van der Waals surface area contributed by atoms with Gasteiger partial charge in [-0.25, -0.2) is 0 Å². The highest BCUT2D eigenvalue weighted by molar-refractivity contribution is 6.03. The van der Waals surface area contributed by atoms with Gasteiger partial charge in [0.1, 0.15) is 6.42 Å². The number of nitrogens with one attached hydrogen (secondary N) is 1. The summed E-state index contributed by atoms with van der Waals surface area (Å²) < 4.78 is 0. The van der Waals surface area contributed by atoms with Gasteiger partial charge in [0.25, 0.3) is 0 Å². The molecule has 0 atom stereocenters. The van der Waals surface area contributed by atoms with Crippen LogP contribution in [0.4, 0.5) is 5.69 Å². The second-order valence-corrected chi connectivity index (χ2v) is 4.31. The average molecular weight is 270 g/mol. The summed E-state index contributed by atoms with van der Waals surface area (Å²) in [4.78, 5) is 25.2. The fraction of sp³-hybridized carbons (Fsp3) is 0.250. The topological polar surface area (TPSA) is 49.4 Å². The van der Waals surface area contributed by atoms with Crippen LogP contribution in [0.2, 0.25) is 0 Å². The number of anilines is 1. The second kappa shape index (κ2) is 7.80. The quantitative estimate of drug-likeness (QED) is 0.488. The normalized spacial score (nSPS) is 9.40. The third-order valence-corrected chi connectivity index (χ3v) is 2.72. The van der Waals surface area contributed by atoms with Crippen LogP contribution < -0.4 is 5.32 Å². The maximum Gasteiger partial charge on any atom is 0.233 e. The van der Waals surface area contributed by atoms with Crippen LogP contribution in [0.3, 0.4) is 0 Å². The third kappa shape index (κ3) is 4.62. The van der Waals surface area contributed by atoms with Crippen LogP contribution in [-0.4, -0.2) is 29.8 Å². The Balaban J connectivity index is 2.61. The van der Waals surface area contributed by atoms with Gasteiger partial charge in [-0.3, -0.25) is 9.59 Å². The maximum atomic E-state index is 11.9. The number of terminal acetylenes is 1. The van der Waals surface area contributed by atoms with Crippen molar-refractivity contribution in [3.8, 4) is 12.3 Å². The van der Waals surface area contributed by atoms with E-state index in [9.17, 15) is 9.59 Å². The summed E-state index contributed by atoms with van der Waals surface area (Å²) in [5.41, 5.74) is 1.65. The molecule has 0 aliphatic carbocycles. The molecular weight excluding hydrogens is 252 g/mol. The van der Waals surface area contributed by atoms with Gasteiger partial charge in [0.05, 0.1) is 6.54 Å². The molecule has 4 heteroatoms. The molecule has 0 aliphatic heterocycles. The number of hydrogen-bond donors (Lipinski definition) is 1. The molecule has 0 spiro atoms. The molecule has 4 nitrogen and oxygen atoms in total. The first-order valence-electron chi connectivity index (χ1n) is 6.26. The first-order valence-corrected chi connectivity index (χ1v) is 6.26. The number of nitrogens with zero attached hydrogens (tertiary/aromatic N) is 1. The zero-order chi connectivity index (χ0) is 15.0. The maximum absolute atomic E-state index is 11.9. The molecule has 0 unspecified atom stereocenters. The lowest BCUT2D eigenvalue weighted by Gasteiger charge is -2.18. The highest BCUT2D eigenvalue weighted by Gasteiger charge is 2.16. The molecular formula is C16H18N2O2. The lowest BCUT2D eigenvalue weighted by molar-refractivity contribution is -0.133. The van der Waals surface area contributed by atoms with E-state index >= 15 is 0 Å². The van der Waals surface area contributed by atoms with Crippen LogP contribution in [0, 0.1) is 19.3 Å². The van der Waals surface area contributed by atoms with E-state index in [1.165, 1.54) is 4.90 Å². The highest BCUT2D eigenvalue weighted by atomic mass is 16.2. The van der Waals surface area contributed by atoms with Crippen LogP contribution in [0.5, 0.6) is 0 Å². The van der Waals surface area contributed by atoms with Crippen molar-refractivity contribution in [3.05, 3.63) is 42.5 Å². The molecule has 0 radical (unpaired) electrons. The summed E-state index contributed by atoms with van der Waals surface area (Å²) in [6, 6.07) is 7.39. The molecule has 1 aromatic carbocycles. The average Bonchev–Trinajstić information content (AvgIpc) is 2.41. The standard InChI is InChI=1S/C16H18N2O2/c1-4-10-18(11-5-2)16(20)12-15(19)17-14-9-7-6-8-13(14)3/h1,5-9H,2,10-12H2,3H3,(H,17,19). The Morgan fingerprint density at radius 2 is 2.15 bits per heavy atom. The first kappa shape index (κ1) is 15.5. The Hall–Kier alpha value is -2.54. The smallest absolute Gasteiger partial charge is 0.233 e. The van der Waals surface area contributed by atoms with Gasteiger partial charge in [-0.1, -0.05) is 30.2 Å². The van der Waals surface area contributed by atoms with E-state index in [0.29, 0.717) is 12.2 Å². The molecule has 1 aromatic rings. The van der Waals surface area contributed by atoms with E-state index in [0.717, 1.165) is 5.56 Å². The van der Waals surface area contributed by atoms with Crippen molar-refractivity contribution < 1.29 is 9.59 Å². The fourth-order valence-electron chi connectivity index (χ4n) is 1.68. The summed E-state index contributed by atoms with van der Waals surface area (Å²) in [6.45, 7) is 5.95. The summed E-state index contributed by atoms with van der Waals surface area (Å²) in [5, 5.41) is 2.72. The molecule has 0 saturated carbocycles. The van der Waals surface area contributed by atoms with Crippen LogP contribution in [0.15, 0.2) is 36.9 Å². The molecule has 0 heterocycles. The minimum atomic E-state index is -0.351. The Morgan fingerprint density at radius 1 is 1.45 bits per heavy atom. The Bertz CT molecular complexity index is 544. The second-order valence-electron chi connectivity index (χ2n) is 4.31. The largest absolute Gasteiger partial charge is 0.327 e. The summed E-state index contributed by atoms with van der Waals surface area (Å²) in [5.74, 6) is 1.73. The molecule has 0 bridgehead atoms.